The van der Waals surface area contributed by atoms with Crippen molar-refractivity contribution in [1.29, 1.82) is 5.26 Å². The second kappa shape index (κ2) is 5.86. The van der Waals surface area contributed by atoms with Gasteiger partial charge in [-0.3, -0.25) is 0 Å². The Bertz CT molecular complexity index is 436. The highest BCUT2D eigenvalue weighted by Gasteiger charge is 2.28. The number of nitriles is 1. The first-order valence-corrected chi connectivity index (χ1v) is 6.90. The molecule has 0 N–H and O–H groups in total. The average Bonchev–Trinajstić information content (AvgIpc) is 2.41. The van der Waals surface area contributed by atoms with Crippen molar-refractivity contribution in [2.45, 2.75) is 45.6 Å². The van der Waals surface area contributed by atoms with Gasteiger partial charge in [0.1, 0.15) is 17.6 Å². The smallest absolute Gasteiger partial charge is 0.142 e. The molecule has 1 aromatic rings. The van der Waals surface area contributed by atoms with Crippen LogP contribution in [0, 0.1) is 17.2 Å². The van der Waals surface area contributed by atoms with E-state index in [9.17, 15) is 0 Å². The lowest BCUT2D eigenvalue weighted by atomic mass is 9.88. The van der Waals surface area contributed by atoms with Crippen LogP contribution in [-0.4, -0.2) is 17.6 Å². The van der Waals surface area contributed by atoms with Gasteiger partial charge in [-0.1, -0.05) is 26.3 Å². The van der Waals surface area contributed by atoms with Gasteiger partial charge in [-0.25, -0.2) is 4.98 Å². The maximum absolute atomic E-state index is 8.95. The number of nitrogens with zero attached hydrogens (tertiary/aromatic N) is 3. The lowest BCUT2D eigenvalue weighted by Crippen LogP contribution is -2.44. The van der Waals surface area contributed by atoms with Crippen molar-refractivity contribution >= 4 is 5.82 Å². The summed E-state index contributed by atoms with van der Waals surface area (Å²) in [5, 5.41) is 8.95. The number of pyridine rings is 1. The van der Waals surface area contributed by atoms with Crippen molar-refractivity contribution in [1.82, 2.24) is 4.98 Å². The Kier molecular flexibility index (Phi) is 4.19. The number of piperidine rings is 1. The van der Waals surface area contributed by atoms with Gasteiger partial charge in [-0.2, -0.15) is 5.26 Å². The molecule has 3 heteroatoms. The minimum Gasteiger partial charge on any atom is -0.353 e. The third-order valence-corrected chi connectivity index (χ3v) is 3.84. The Morgan fingerprint density at radius 2 is 2.33 bits per heavy atom. The first-order valence-electron chi connectivity index (χ1n) is 6.90. The largest absolute Gasteiger partial charge is 0.353 e. The summed E-state index contributed by atoms with van der Waals surface area (Å²) in [7, 11) is 0. The van der Waals surface area contributed by atoms with Crippen LogP contribution in [0.5, 0.6) is 0 Å². The summed E-state index contributed by atoms with van der Waals surface area (Å²) in [6.45, 7) is 5.64. The molecule has 1 fully saturated rings. The Labute approximate surface area is 109 Å². The molecule has 0 aliphatic carbocycles. The predicted octanol–water partition coefficient (Wildman–Crippen LogP) is 3.36. The third-order valence-electron chi connectivity index (χ3n) is 3.84. The van der Waals surface area contributed by atoms with E-state index in [1.165, 1.54) is 25.7 Å². The maximum atomic E-state index is 8.95. The number of hydrogen-bond acceptors (Lipinski definition) is 3. The molecule has 0 bridgehead atoms. The lowest BCUT2D eigenvalue weighted by Gasteiger charge is -2.41. The van der Waals surface area contributed by atoms with E-state index in [4.69, 9.17) is 5.26 Å². The molecule has 1 saturated heterocycles. The Balaban J connectivity index is 2.25. The molecule has 0 radical (unpaired) electrons. The van der Waals surface area contributed by atoms with Gasteiger partial charge in [0.15, 0.2) is 0 Å². The molecule has 0 aromatic carbocycles. The van der Waals surface area contributed by atoms with E-state index in [-0.39, 0.29) is 0 Å². The molecular formula is C15H21N3. The molecule has 0 amide bonds. The Morgan fingerprint density at radius 3 is 3.06 bits per heavy atom. The standard InChI is InChI=1S/C15H21N3/c1-3-6-14-12(2)7-5-10-18(14)15-9-4-8-13(11-16)17-15/h4,8-9,12,14H,3,5-7,10H2,1-2H3. The van der Waals surface area contributed by atoms with Gasteiger partial charge in [-0.05, 0) is 37.3 Å². The second-order valence-electron chi connectivity index (χ2n) is 5.16. The highest BCUT2D eigenvalue weighted by molar-refractivity contribution is 5.43. The van der Waals surface area contributed by atoms with Crippen molar-refractivity contribution in [3.05, 3.63) is 23.9 Å². The zero-order chi connectivity index (χ0) is 13.0. The van der Waals surface area contributed by atoms with Gasteiger partial charge < -0.3 is 4.90 Å². The van der Waals surface area contributed by atoms with Crippen LogP contribution >= 0.6 is 0 Å². The van der Waals surface area contributed by atoms with E-state index in [0.29, 0.717) is 17.7 Å². The molecule has 2 atom stereocenters. The second-order valence-corrected chi connectivity index (χ2v) is 5.16. The monoisotopic (exact) mass is 243 g/mol. The molecule has 1 aromatic heterocycles. The fourth-order valence-electron chi connectivity index (χ4n) is 2.92. The van der Waals surface area contributed by atoms with Crippen molar-refractivity contribution in [2.24, 2.45) is 5.92 Å². The van der Waals surface area contributed by atoms with E-state index in [0.717, 1.165) is 12.4 Å². The van der Waals surface area contributed by atoms with E-state index in [1.54, 1.807) is 6.07 Å². The van der Waals surface area contributed by atoms with Gasteiger partial charge in [-0.15, -0.1) is 0 Å². The van der Waals surface area contributed by atoms with Crippen LogP contribution in [-0.2, 0) is 0 Å². The summed E-state index contributed by atoms with van der Waals surface area (Å²) in [6, 6.07) is 8.43. The van der Waals surface area contributed by atoms with Crippen molar-refractivity contribution < 1.29 is 0 Å². The summed E-state index contributed by atoms with van der Waals surface area (Å²) in [5.41, 5.74) is 0.515. The van der Waals surface area contributed by atoms with Crippen LogP contribution in [0.4, 0.5) is 5.82 Å². The summed E-state index contributed by atoms with van der Waals surface area (Å²) >= 11 is 0. The zero-order valence-electron chi connectivity index (χ0n) is 11.3. The Hall–Kier alpha value is -1.56. The average molecular weight is 243 g/mol. The minimum atomic E-state index is 0.515. The van der Waals surface area contributed by atoms with E-state index in [2.05, 4.69) is 29.8 Å². The molecule has 1 aliphatic heterocycles. The normalized spacial score (nSPS) is 23.7. The summed E-state index contributed by atoms with van der Waals surface area (Å²) < 4.78 is 0. The lowest BCUT2D eigenvalue weighted by molar-refractivity contribution is 0.326. The highest BCUT2D eigenvalue weighted by atomic mass is 15.2. The van der Waals surface area contributed by atoms with Crippen molar-refractivity contribution in [3.8, 4) is 6.07 Å². The van der Waals surface area contributed by atoms with Gasteiger partial charge in [0.2, 0.25) is 0 Å². The van der Waals surface area contributed by atoms with Crippen LogP contribution in [0.3, 0.4) is 0 Å². The number of anilines is 1. The minimum absolute atomic E-state index is 0.515. The molecule has 0 spiro atoms. The number of hydrogen-bond donors (Lipinski definition) is 0. The topological polar surface area (TPSA) is 39.9 Å². The molecule has 2 heterocycles. The molecular weight excluding hydrogens is 222 g/mol. The molecule has 3 nitrogen and oxygen atoms in total. The SMILES string of the molecule is CCCC1C(C)CCCN1c1cccc(C#N)n1. The quantitative estimate of drug-likeness (QED) is 0.817. The van der Waals surface area contributed by atoms with Crippen molar-refractivity contribution in [3.63, 3.8) is 0 Å². The highest BCUT2D eigenvalue weighted by Crippen LogP contribution is 2.30. The van der Waals surface area contributed by atoms with Gasteiger partial charge in [0.25, 0.3) is 0 Å². The fraction of sp³-hybridized carbons (Fsp3) is 0.600. The first kappa shape index (κ1) is 12.9. The summed E-state index contributed by atoms with van der Waals surface area (Å²) in [4.78, 5) is 6.85. The third kappa shape index (κ3) is 2.64. The number of rotatable bonds is 3. The number of aromatic nitrogens is 1. The van der Waals surface area contributed by atoms with Gasteiger partial charge in [0.05, 0.1) is 0 Å². The van der Waals surface area contributed by atoms with Crippen LogP contribution < -0.4 is 4.90 Å². The molecule has 0 saturated carbocycles. The van der Waals surface area contributed by atoms with Gasteiger partial charge >= 0.3 is 0 Å². The predicted molar refractivity (Wildman–Crippen MR) is 73.4 cm³/mol. The first-order chi connectivity index (χ1) is 8.76. The maximum Gasteiger partial charge on any atom is 0.142 e. The molecule has 1 aliphatic rings. The van der Waals surface area contributed by atoms with E-state index >= 15 is 0 Å². The van der Waals surface area contributed by atoms with Crippen LogP contribution in [0.25, 0.3) is 0 Å². The van der Waals surface area contributed by atoms with E-state index in [1.807, 2.05) is 12.1 Å². The Morgan fingerprint density at radius 1 is 1.50 bits per heavy atom. The fourth-order valence-corrected chi connectivity index (χ4v) is 2.92. The van der Waals surface area contributed by atoms with Crippen LogP contribution in [0.2, 0.25) is 0 Å². The van der Waals surface area contributed by atoms with Crippen LogP contribution in [0.15, 0.2) is 18.2 Å². The van der Waals surface area contributed by atoms with E-state index < -0.39 is 0 Å². The van der Waals surface area contributed by atoms with Crippen molar-refractivity contribution in [2.75, 3.05) is 11.4 Å². The summed E-state index contributed by atoms with van der Waals surface area (Å²) in [5.74, 6) is 1.69. The molecule has 18 heavy (non-hydrogen) atoms. The molecule has 2 rings (SSSR count). The molecule has 96 valence electrons. The van der Waals surface area contributed by atoms with Crippen LogP contribution in [0.1, 0.15) is 45.2 Å². The summed E-state index contributed by atoms with van der Waals surface area (Å²) in [6.07, 6.45) is 4.93. The van der Waals surface area contributed by atoms with Gasteiger partial charge in [0, 0.05) is 12.6 Å². The zero-order valence-corrected chi connectivity index (χ0v) is 11.3. The molecule has 2 unspecified atom stereocenters.